The number of piperidine rings is 1. The highest BCUT2D eigenvalue weighted by atomic mass is 35.5. The lowest BCUT2D eigenvalue weighted by molar-refractivity contribution is -0.132. The van der Waals surface area contributed by atoms with Crippen molar-refractivity contribution >= 4 is 36.4 Å². The second-order valence-corrected chi connectivity index (χ2v) is 6.60. The Morgan fingerprint density at radius 2 is 1.79 bits per heavy atom. The van der Waals surface area contributed by atoms with Crippen LogP contribution >= 0.6 is 24.8 Å². The molecule has 1 aromatic carbocycles. The van der Waals surface area contributed by atoms with Gasteiger partial charge in [0.25, 0.3) is 0 Å². The summed E-state index contributed by atoms with van der Waals surface area (Å²) >= 11 is 0. The average Bonchev–Trinajstić information content (AvgIpc) is 2.56. The lowest BCUT2D eigenvalue weighted by Crippen LogP contribution is -2.49. The minimum atomic E-state index is 0. The van der Waals surface area contributed by atoms with Crippen LogP contribution in [0.2, 0.25) is 0 Å². The molecule has 1 amide bonds. The van der Waals surface area contributed by atoms with Crippen LogP contribution in [0.3, 0.4) is 0 Å². The summed E-state index contributed by atoms with van der Waals surface area (Å²) in [6, 6.07) is 8.63. The SMILES string of the molecule is Cc1cccc(N2CCN(C(=O)CC3CCNCC3)CC2)c1.Cl.Cl. The van der Waals surface area contributed by atoms with Gasteiger partial charge < -0.3 is 15.1 Å². The van der Waals surface area contributed by atoms with Gasteiger partial charge in [-0.15, -0.1) is 24.8 Å². The molecule has 0 radical (unpaired) electrons. The third-order valence-electron chi connectivity index (χ3n) is 4.92. The summed E-state index contributed by atoms with van der Waals surface area (Å²) in [5, 5.41) is 3.36. The van der Waals surface area contributed by atoms with E-state index in [-0.39, 0.29) is 24.8 Å². The first kappa shape index (κ1) is 21.1. The molecule has 0 aliphatic carbocycles. The van der Waals surface area contributed by atoms with Gasteiger partial charge in [-0.25, -0.2) is 0 Å². The van der Waals surface area contributed by atoms with E-state index in [4.69, 9.17) is 0 Å². The predicted molar refractivity (Wildman–Crippen MR) is 105 cm³/mol. The first-order valence-electron chi connectivity index (χ1n) is 8.52. The normalized spacial score (nSPS) is 18.5. The number of nitrogens with one attached hydrogen (secondary N) is 1. The van der Waals surface area contributed by atoms with E-state index in [9.17, 15) is 4.79 Å². The molecule has 2 aliphatic heterocycles. The van der Waals surface area contributed by atoms with E-state index in [1.165, 1.54) is 11.3 Å². The Bertz CT molecular complexity index is 513. The molecule has 24 heavy (non-hydrogen) atoms. The average molecular weight is 374 g/mol. The Balaban J connectivity index is 0.00000144. The van der Waals surface area contributed by atoms with Crippen molar-refractivity contribution in [1.29, 1.82) is 0 Å². The molecule has 0 unspecified atom stereocenters. The summed E-state index contributed by atoms with van der Waals surface area (Å²) in [6.45, 7) is 7.87. The van der Waals surface area contributed by atoms with E-state index in [0.29, 0.717) is 11.8 Å². The number of carbonyl (C=O) groups excluding carboxylic acids is 1. The number of anilines is 1. The number of halogens is 2. The maximum Gasteiger partial charge on any atom is 0.222 e. The van der Waals surface area contributed by atoms with Gasteiger partial charge in [-0.3, -0.25) is 4.79 Å². The van der Waals surface area contributed by atoms with Crippen LogP contribution in [0.25, 0.3) is 0 Å². The zero-order valence-corrected chi connectivity index (χ0v) is 16.0. The van der Waals surface area contributed by atoms with Crippen LogP contribution in [-0.2, 0) is 4.79 Å². The Labute approximate surface area is 157 Å². The number of nitrogens with zero attached hydrogens (tertiary/aromatic N) is 2. The van der Waals surface area contributed by atoms with E-state index in [2.05, 4.69) is 46.3 Å². The van der Waals surface area contributed by atoms with Gasteiger partial charge in [0.15, 0.2) is 0 Å². The van der Waals surface area contributed by atoms with Crippen molar-refractivity contribution in [3.05, 3.63) is 29.8 Å². The van der Waals surface area contributed by atoms with Gasteiger partial charge in [0, 0.05) is 38.3 Å². The molecule has 2 fully saturated rings. The number of benzene rings is 1. The predicted octanol–water partition coefficient (Wildman–Crippen LogP) is 2.88. The van der Waals surface area contributed by atoms with E-state index >= 15 is 0 Å². The van der Waals surface area contributed by atoms with Crippen molar-refractivity contribution < 1.29 is 4.79 Å². The zero-order chi connectivity index (χ0) is 15.4. The van der Waals surface area contributed by atoms with Crippen LogP contribution in [0.5, 0.6) is 0 Å². The van der Waals surface area contributed by atoms with Crippen molar-refractivity contribution in [3.63, 3.8) is 0 Å². The molecular weight excluding hydrogens is 345 g/mol. The largest absolute Gasteiger partial charge is 0.368 e. The van der Waals surface area contributed by atoms with Crippen molar-refractivity contribution in [2.75, 3.05) is 44.2 Å². The van der Waals surface area contributed by atoms with Crippen LogP contribution in [0, 0.1) is 12.8 Å². The monoisotopic (exact) mass is 373 g/mol. The van der Waals surface area contributed by atoms with Gasteiger partial charge in [-0.1, -0.05) is 12.1 Å². The molecule has 4 nitrogen and oxygen atoms in total. The molecule has 2 aliphatic rings. The highest BCUT2D eigenvalue weighted by Crippen LogP contribution is 2.20. The minimum absolute atomic E-state index is 0. The number of carbonyl (C=O) groups is 1. The Hall–Kier alpha value is -0.970. The van der Waals surface area contributed by atoms with E-state index in [0.717, 1.165) is 58.5 Å². The second-order valence-electron chi connectivity index (χ2n) is 6.60. The molecule has 1 N–H and O–H groups in total. The van der Waals surface area contributed by atoms with Crippen LogP contribution in [0.15, 0.2) is 24.3 Å². The summed E-state index contributed by atoms with van der Waals surface area (Å²) in [5.74, 6) is 0.944. The first-order valence-corrected chi connectivity index (χ1v) is 8.52. The fourth-order valence-electron chi connectivity index (χ4n) is 3.50. The van der Waals surface area contributed by atoms with Crippen molar-refractivity contribution in [2.24, 2.45) is 5.92 Å². The third-order valence-corrected chi connectivity index (χ3v) is 4.92. The fourth-order valence-corrected chi connectivity index (χ4v) is 3.50. The Morgan fingerprint density at radius 3 is 2.42 bits per heavy atom. The van der Waals surface area contributed by atoms with Crippen LogP contribution in [0.4, 0.5) is 5.69 Å². The van der Waals surface area contributed by atoms with Gasteiger partial charge >= 0.3 is 0 Å². The quantitative estimate of drug-likeness (QED) is 0.884. The molecule has 0 aromatic heterocycles. The zero-order valence-electron chi connectivity index (χ0n) is 14.4. The number of hydrogen-bond acceptors (Lipinski definition) is 3. The van der Waals surface area contributed by atoms with Crippen molar-refractivity contribution in [1.82, 2.24) is 10.2 Å². The number of piperazine rings is 1. The summed E-state index contributed by atoms with van der Waals surface area (Å²) < 4.78 is 0. The molecule has 2 heterocycles. The lowest BCUT2D eigenvalue weighted by atomic mass is 9.94. The first-order chi connectivity index (χ1) is 10.7. The number of aryl methyl sites for hydroxylation is 1. The standard InChI is InChI=1S/C18H27N3O.2ClH/c1-15-3-2-4-17(13-15)20-9-11-21(12-10-20)18(22)14-16-5-7-19-8-6-16;;/h2-4,13,16,19H,5-12,14H2,1H3;2*1H. The third kappa shape index (κ3) is 5.54. The second kappa shape index (κ2) is 10.1. The van der Waals surface area contributed by atoms with Crippen LogP contribution in [0.1, 0.15) is 24.8 Å². The smallest absolute Gasteiger partial charge is 0.222 e. The fraction of sp³-hybridized carbons (Fsp3) is 0.611. The maximum atomic E-state index is 12.5. The van der Waals surface area contributed by atoms with E-state index in [1.807, 2.05) is 0 Å². The molecular formula is C18H29Cl2N3O. The molecule has 0 spiro atoms. The summed E-state index contributed by atoms with van der Waals surface area (Å²) in [7, 11) is 0. The topological polar surface area (TPSA) is 35.6 Å². The van der Waals surface area contributed by atoms with Gasteiger partial charge in [0.05, 0.1) is 0 Å². The summed E-state index contributed by atoms with van der Waals surface area (Å²) in [4.78, 5) is 16.9. The summed E-state index contributed by atoms with van der Waals surface area (Å²) in [6.07, 6.45) is 3.04. The molecule has 3 rings (SSSR count). The van der Waals surface area contributed by atoms with E-state index < -0.39 is 0 Å². The molecule has 1 aromatic rings. The highest BCUT2D eigenvalue weighted by Gasteiger charge is 2.24. The maximum absolute atomic E-state index is 12.5. The number of amides is 1. The number of hydrogen-bond donors (Lipinski definition) is 1. The summed E-state index contributed by atoms with van der Waals surface area (Å²) in [5.41, 5.74) is 2.58. The van der Waals surface area contributed by atoms with Crippen molar-refractivity contribution in [3.8, 4) is 0 Å². The molecule has 0 bridgehead atoms. The minimum Gasteiger partial charge on any atom is -0.368 e. The van der Waals surface area contributed by atoms with Gasteiger partial charge in [-0.05, 0) is 56.5 Å². The Kier molecular flexibility index (Phi) is 8.88. The molecule has 2 saturated heterocycles. The van der Waals surface area contributed by atoms with Crippen LogP contribution < -0.4 is 10.2 Å². The lowest BCUT2D eigenvalue weighted by Gasteiger charge is -2.37. The highest BCUT2D eigenvalue weighted by molar-refractivity contribution is 5.85. The van der Waals surface area contributed by atoms with Crippen LogP contribution in [-0.4, -0.2) is 50.1 Å². The van der Waals surface area contributed by atoms with Gasteiger partial charge in [-0.2, -0.15) is 0 Å². The van der Waals surface area contributed by atoms with Gasteiger partial charge in [0.1, 0.15) is 0 Å². The molecule has 6 heteroatoms. The Morgan fingerprint density at radius 1 is 1.12 bits per heavy atom. The number of rotatable bonds is 3. The molecule has 0 saturated carbocycles. The molecule has 0 atom stereocenters. The van der Waals surface area contributed by atoms with Crippen molar-refractivity contribution in [2.45, 2.75) is 26.2 Å². The van der Waals surface area contributed by atoms with Gasteiger partial charge in [0.2, 0.25) is 5.91 Å². The molecule has 136 valence electrons. The van der Waals surface area contributed by atoms with E-state index in [1.54, 1.807) is 0 Å².